The van der Waals surface area contributed by atoms with Crippen molar-refractivity contribution >= 4 is 23.4 Å². The average molecular weight is 340 g/mol. The highest BCUT2D eigenvalue weighted by Gasteiger charge is 2.40. The number of nitro groups is 1. The molecule has 0 atom stereocenters. The van der Waals surface area contributed by atoms with E-state index in [9.17, 15) is 24.5 Å². The van der Waals surface area contributed by atoms with Crippen LogP contribution in [-0.2, 0) is 0 Å². The van der Waals surface area contributed by atoms with Crippen LogP contribution in [0.2, 0.25) is 0 Å². The Bertz CT molecular complexity index is 881. The molecule has 1 aromatic heterocycles. The molecule has 3 amide bonds. The van der Waals surface area contributed by atoms with Crippen LogP contribution in [0.15, 0.2) is 42.7 Å². The number of fused-ring (bicyclic) bond motifs is 1. The van der Waals surface area contributed by atoms with Crippen molar-refractivity contribution in [3.05, 3.63) is 69.5 Å². The highest BCUT2D eigenvalue weighted by atomic mass is 16.6. The molecule has 0 spiro atoms. The summed E-state index contributed by atoms with van der Waals surface area (Å²) in [6.07, 6.45) is 2.94. The van der Waals surface area contributed by atoms with Crippen molar-refractivity contribution in [3.63, 3.8) is 0 Å². The molecule has 2 aromatic rings. The molecule has 0 unspecified atom stereocenters. The number of rotatable bonds is 5. The standard InChI is InChI=1S/C16H12N4O5/c21-14(10-4-6-17-7-5-10)18-8-9-19-15(22)11-2-1-3-12(20(24)25)13(11)16(19)23/h1-7H,8-9H2,(H,18,21). The van der Waals surface area contributed by atoms with Crippen molar-refractivity contribution in [1.82, 2.24) is 15.2 Å². The number of aromatic nitrogens is 1. The second-order valence-corrected chi connectivity index (χ2v) is 5.21. The van der Waals surface area contributed by atoms with Crippen molar-refractivity contribution in [2.24, 2.45) is 0 Å². The van der Waals surface area contributed by atoms with E-state index in [0.29, 0.717) is 5.56 Å². The lowest BCUT2D eigenvalue weighted by atomic mass is 10.1. The minimum atomic E-state index is -0.731. The Labute approximate surface area is 141 Å². The Morgan fingerprint density at radius 1 is 1.16 bits per heavy atom. The predicted octanol–water partition coefficient (Wildman–Crippen LogP) is 1.02. The van der Waals surface area contributed by atoms with Crippen molar-refractivity contribution < 1.29 is 19.3 Å². The molecule has 0 saturated carbocycles. The van der Waals surface area contributed by atoms with Gasteiger partial charge in [-0.05, 0) is 18.2 Å². The quantitative estimate of drug-likeness (QED) is 0.492. The van der Waals surface area contributed by atoms with Crippen LogP contribution in [-0.4, -0.2) is 45.6 Å². The Morgan fingerprint density at radius 2 is 1.88 bits per heavy atom. The van der Waals surface area contributed by atoms with Crippen molar-refractivity contribution in [2.45, 2.75) is 0 Å². The fourth-order valence-corrected chi connectivity index (χ4v) is 2.56. The van der Waals surface area contributed by atoms with Gasteiger partial charge < -0.3 is 5.32 Å². The van der Waals surface area contributed by atoms with Gasteiger partial charge in [-0.25, -0.2) is 0 Å². The monoisotopic (exact) mass is 340 g/mol. The molecule has 0 aliphatic carbocycles. The summed E-state index contributed by atoms with van der Waals surface area (Å²) in [5.74, 6) is -1.71. The van der Waals surface area contributed by atoms with E-state index in [-0.39, 0.29) is 30.1 Å². The number of carbonyl (C=O) groups excluding carboxylic acids is 3. The number of imide groups is 1. The summed E-state index contributed by atoms with van der Waals surface area (Å²) < 4.78 is 0. The van der Waals surface area contributed by atoms with Gasteiger partial charge in [0.15, 0.2) is 0 Å². The van der Waals surface area contributed by atoms with E-state index in [1.54, 1.807) is 0 Å². The van der Waals surface area contributed by atoms with Crippen LogP contribution >= 0.6 is 0 Å². The Morgan fingerprint density at radius 3 is 2.56 bits per heavy atom. The second-order valence-electron chi connectivity index (χ2n) is 5.21. The highest BCUT2D eigenvalue weighted by Crippen LogP contribution is 2.30. The number of hydrogen-bond donors (Lipinski definition) is 1. The maximum atomic E-state index is 12.4. The highest BCUT2D eigenvalue weighted by molar-refractivity contribution is 6.23. The SMILES string of the molecule is O=C(NCCN1C(=O)c2cccc([N+](=O)[O-])c2C1=O)c1ccncc1. The largest absolute Gasteiger partial charge is 0.350 e. The first kappa shape index (κ1) is 16.2. The number of carbonyl (C=O) groups is 3. The van der Waals surface area contributed by atoms with E-state index in [4.69, 9.17) is 0 Å². The number of nitro benzene ring substituents is 1. The molecule has 9 heteroatoms. The molecule has 1 N–H and O–H groups in total. The Kier molecular flexibility index (Phi) is 4.21. The molecule has 0 radical (unpaired) electrons. The molecule has 1 aromatic carbocycles. The van der Waals surface area contributed by atoms with Gasteiger partial charge in [0, 0.05) is 37.1 Å². The van der Waals surface area contributed by atoms with Gasteiger partial charge in [0.1, 0.15) is 5.56 Å². The number of nitrogens with zero attached hydrogens (tertiary/aromatic N) is 3. The molecule has 0 saturated heterocycles. The van der Waals surface area contributed by atoms with Crippen LogP contribution in [0.25, 0.3) is 0 Å². The van der Waals surface area contributed by atoms with E-state index in [1.807, 2.05) is 0 Å². The third-order valence-corrected chi connectivity index (χ3v) is 3.74. The van der Waals surface area contributed by atoms with Crippen LogP contribution in [0.3, 0.4) is 0 Å². The fraction of sp³-hybridized carbons (Fsp3) is 0.125. The first-order valence-corrected chi connectivity index (χ1v) is 7.32. The fourth-order valence-electron chi connectivity index (χ4n) is 2.56. The number of hydrogen-bond acceptors (Lipinski definition) is 6. The summed E-state index contributed by atoms with van der Waals surface area (Å²) in [4.78, 5) is 51.6. The number of nitrogens with one attached hydrogen (secondary N) is 1. The molecule has 3 rings (SSSR count). The van der Waals surface area contributed by atoms with Gasteiger partial charge >= 0.3 is 0 Å². The molecule has 9 nitrogen and oxygen atoms in total. The molecule has 25 heavy (non-hydrogen) atoms. The first-order chi connectivity index (χ1) is 12.0. The number of pyridine rings is 1. The van der Waals surface area contributed by atoms with E-state index in [1.165, 1.54) is 42.7 Å². The van der Waals surface area contributed by atoms with Crippen LogP contribution in [0.4, 0.5) is 5.69 Å². The van der Waals surface area contributed by atoms with Gasteiger partial charge in [-0.2, -0.15) is 0 Å². The van der Waals surface area contributed by atoms with Gasteiger partial charge in [-0.15, -0.1) is 0 Å². The third kappa shape index (κ3) is 2.94. The van der Waals surface area contributed by atoms with Gasteiger partial charge in [0.2, 0.25) is 0 Å². The molecule has 1 aliphatic heterocycles. The van der Waals surface area contributed by atoms with Crippen molar-refractivity contribution in [2.75, 3.05) is 13.1 Å². The zero-order valence-corrected chi connectivity index (χ0v) is 12.8. The summed E-state index contributed by atoms with van der Waals surface area (Å²) in [6.45, 7) is -0.0548. The maximum Gasteiger partial charge on any atom is 0.282 e. The van der Waals surface area contributed by atoms with Gasteiger partial charge in [-0.1, -0.05) is 6.07 Å². The Hall–Kier alpha value is -3.62. The average Bonchev–Trinajstić information content (AvgIpc) is 2.87. The Balaban J connectivity index is 1.70. The maximum absolute atomic E-state index is 12.4. The minimum Gasteiger partial charge on any atom is -0.350 e. The van der Waals surface area contributed by atoms with Crippen molar-refractivity contribution in [1.29, 1.82) is 0 Å². The lowest BCUT2D eigenvalue weighted by Crippen LogP contribution is -2.38. The van der Waals surface area contributed by atoms with E-state index in [2.05, 4.69) is 10.3 Å². The van der Waals surface area contributed by atoms with Crippen LogP contribution in [0, 0.1) is 10.1 Å². The summed E-state index contributed by atoms with van der Waals surface area (Å²) >= 11 is 0. The molecule has 0 fully saturated rings. The summed E-state index contributed by atoms with van der Waals surface area (Å²) in [5.41, 5.74) is -0.218. The minimum absolute atomic E-state index is 0.000315. The lowest BCUT2D eigenvalue weighted by Gasteiger charge is -2.14. The summed E-state index contributed by atoms with van der Waals surface area (Å²) in [7, 11) is 0. The second kappa shape index (κ2) is 6.48. The van der Waals surface area contributed by atoms with Crippen molar-refractivity contribution in [3.8, 4) is 0 Å². The van der Waals surface area contributed by atoms with Crippen LogP contribution in [0.5, 0.6) is 0 Å². The van der Waals surface area contributed by atoms with Gasteiger partial charge in [0.05, 0.1) is 10.5 Å². The number of amides is 3. The zero-order valence-electron chi connectivity index (χ0n) is 12.8. The normalized spacial score (nSPS) is 12.9. The lowest BCUT2D eigenvalue weighted by molar-refractivity contribution is -0.385. The van der Waals surface area contributed by atoms with Gasteiger partial charge in [-0.3, -0.25) is 34.4 Å². The topological polar surface area (TPSA) is 123 Å². The number of benzene rings is 1. The molecule has 1 aliphatic rings. The molecule has 0 bridgehead atoms. The summed E-state index contributed by atoms with van der Waals surface area (Å²) in [5, 5.41) is 13.6. The summed E-state index contributed by atoms with van der Waals surface area (Å²) in [6, 6.07) is 6.97. The molecule has 126 valence electrons. The van der Waals surface area contributed by atoms with E-state index >= 15 is 0 Å². The molecule has 2 heterocycles. The molecular weight excluding hydrogens is 328 g/mol. The predicted molar refractivity (Wildman–Crippen MR) is 85.0 cm³/mol. The zero-order chi connectivity index (χ0) is 18.0. The third-order valence-electron chi connectivity index (χ3n) is 3.74. The molecular formula is C16H12N4O5. The first-order valence-electron chi connectivity index (χ1n) is 7.32. The van der Waals surface area contributed by atoms with Crippen LogP contribution in [0.1, 0.15) is 31.1 Å². The van der Waals surface area contributed by atoms with E-state index < -0.39 is 22.4 Å². The van der Waals surface area contributed by atoms with Crippen LogP contribution < -0.4 is 5.32 Å². The van der Waals surface area contributed by atoms with E-state index in [0.717, 1.165) is 4.90 Å². The van der Waals surface area contributed by atoms with Gasteiger partial charge in [0.25, 0.3) is 23.4 Å². The smallest absolute Gasteiger partial charge is 0.282 e.